The Morgan fingerprint density at radius 1 is 1.30 bits per heavy atom. The fourth-order valence-electron chi connectivity index (χ4n) is 1.67. The minimum Gasteiger partial charge on any atom is -0.488 e. The van der Waals surface area contributed by atoms with Crippen molar-refractivity contribution >= 4 is 28.0 Å². The van der Waals surface area contributed by atoms with Crippen LogP contribution in [-0.4, -0.2) is 37.4 Å². The van der Waals surface area contributed by atoms with Crippen LogP contribution >= 0.6 is 15.9 Å². The van der Waals surface area contributed by atoms with E-state index in [1.165, 1.54) is 7.11 Å². The number of rotatable bonds is 5. The summed E-state index contributed by atoms with van der Waals surface area (Å²) in [6.07, 6.45) is -0.879. The number of halogens is 1. The Kier molecular flexibility index (Phi) is 6.87. The molecule has 1 N–H and O–H groups in total. The summed E-state index contributed by atoms with van der Waals surface area (Å²) in [6, 6.07) is 5.01. The van der Waals surface area contributed by atoms with Crippen LogP contribution in [0.2, 0.25) is 0 Å². The number of alkyl carbamates (subject to hydrolysis) is 1. The van der Waals surface area contributed by atoms with Gasteiger partial charge in [0.25, 0.3) is 0 Å². The topological polar surface area (TPSA) is 73.9 Å². The second-order valence-corrected chi connectivity index (χ2v) is 6.86. The largest absolute Gasteiger partial charge is 0.488 e. The smallest absolute Gasteiger partial charge is 0.407 e. The van der Waals surface area contributed by atoms with Crippen molar-refractivity contribution in [2.75, 3.05) is 13.7 Å². The van der Waals surface area contributed by atoms with Gasteiger partial charge in [0.1, 0.15) is 23.0 Å². The van der Waals surface area contributed by atoms with Gasteiger partial charge in [0.15, 0.2) is 0 Å². The first-order chi connectivity index (χ1) is 10.6. The summed E-state index contributed by atoms with van der Waals surface area (Å²) in [5.74, 6) is -0.107. The highest BCUT2D eigenvalue weighted by Gasteiger charge is 2.18. The maximum atomic E-state index is 11.7. The van der Waals surface area contributed by atoms with E-state index in [-0.39, 0.29) is 12.6 Å². The number of methoxy groups -OCH3 is 1. The molecule has 23 heavy (non-hydrogen) atoms. The van der Waals surface area contributed by atoms with Gasteiger partial charge in [-0.15, -0.1) is 0 Å². The molecule has 0 aliphatic carbocycles. The lowest BCUT2D eigenvalue weighted by atomic mass is 10.2. The van der Waals surface area contributed by atoms with Crippen LogP contribution in [0.25, 0.3) is 0 Å². The van der Waals surface area contributed by atoms with E-state index >= 15 is 0 Å². The van der Waals surface area contributed by atoms with E-state index in [1.807, 2.05) is 0 Å². The Morgan fingerprint density at radius 2 is 1.96 bits per heavy atom. The zero-order valence-corrected chi connectivity index (χ0v) is 15.5. The molecule has 0 aliphatic heterocycles. The number of esters is 1. The Labute approximate surface area is 144 Å². The Morgan fingerprint density at radius 3 is 2.52 bits per heavy atom. The van der Waals surface area contributed by atoms with E-state index in [2.05, 4.69) is 21.2 Å². The van der Waals surface area contributed by atoms with Crippen LogP contribution in [0.4, 0.5) is 4.79 Å². The summed E-state index contributed by atoms with van der Waals surface area (Å²) in [5, 5.41) is 2.62. The third-order valence-electron chi connectivity index (χ3n) is 2.61. The van der Waals surface area contributed by atoms with E-state index in [0.29, 0.717) is 11.3 Å². The molecule has 1 aromatic carbocycles. The molecule has 6 nitrogen and oxygen atoms in total. The number of benzene rings is 1. The minimum atomic E-state index is -0.559. The first-order valence-electron chi connectivity index (χ1n) is 7.13. The maximum Gasteiger partial charge on any atom is 0.407 e. The molecule has 1 atom stereocenters. The van der Waals surface area contributed by atoms with Gasteiger partial charge in [0.2, 0.25) is 0 Å². The molecule has 0 spiro atoms. The Bertz CT molecular complexity index is 568. The summed E-state index contributed by atoms with van der Waals surface area (Å²) in [4.78, 5) is 23.4. The van der Waals surface area contributed by atoms with Crippen molar-refractivity contribution in [3.8, 4) is 5.75 Å². The lowest BCUT2D eigenvalue weighted by molar-refractivity contribution is 0.0499. The van der Waals surface area contributed by atoms with Crippen molar-refractivity contribution in [3.63, 3.8) is 0 Å². The second-order valence-electron chi connectivity index (χ2n) is 5.94. The first-order valence-corrected chi connectivity index (χ1v) is 7.93. The van der Waals surface area contributed by atoms with E-state index in [4.69, 9.17) is 14.2 Å². The van der Waals surface area contributed by atoms with E-state index in [1.54, 1.807) is 45.9 Å². The SMILES string of the molecule is COC(=O)c1ccc(Br)cc1OC(C)CNC(=O)OC(C)(C)C. The molecule has 1 unspecified atom stereocenters. The normalized spacial score (nSPS) is 12.3. The summed E-state index contributed by atoms with van der Waals surface area (Å²) in [6.45, 7) is 7.38. The number of carbonyl (C=O) groups is 2. The van der Waals surface area contributed by atoms with Gasteiger partial charge >= 0.3 is 12.1 Å². The van der Waals surface area contributed by atoms with Crippen LogP contribution in [0.5, 0.6) is 5.75 Å². The van der Waals surface area contributed by atoms with Gasteiger partial charge in [-0.3, -0.25) is 0 Å². The monoisotopic (exact) mass is 387 g/mol. The molecular formula is C16H22BrNO5. The van der Waals surface area contributed by atoms with Crippen LogP contribution in [0, 0.1) is 0 Å². The predicted octanol–water partition coefficient (Wildman–Crippen LogP) is 3.53. The van der Waals surface area contributed by atoms with Crippen molar-refractivity contribution in [1.29, 1.82) is 0 Å². The van der Waals surface area contributed by atoms with E-state index in [0.717, 1.165) is 4.47 Å². The minimum absolute atomic E-state index is 0.238. The molecule has 0 saturated heterocycles. The van der Waals surface area contributed by atoms with Gasteiger partial charge in [-0.05, 0) is 45.9 Å². The highest BCUT2D eigenvalue weighted by Crippen LogP contribution is 2.25. The first kappa shape index (κ1) is 19.3. The highest BCUT2D eigenvalue weighted by molar-refractivity contribution is 9.10. The van der Waals surface area contributed by atoms with E-state index < -0.39 is 17.7 Å². The second kappa shape index (κ2) is 8.19. The lowest BCUT2D eigenvalue weighted by Crippen LogP contribution is -2.37. The van der Waals surface area contributed by atoms with Crippen LogP contribution in [0.1, 0.15) is 38.1 Å². The predicted molar refractivity (Wildman–Crippen MR) is 89.8 cm³/mol. The van der Waals surface area contributed by atoms with Crippen LogP contribution < -0.4 is 10.1 Å². The van der Waals surface area contributed by atoms with Crippen LogP contribution in [-0.2, 0) is 9.47 Å². The lowest BCUT2D eigenvalue weighted by Gasteiger charge is -2.21. The van der Waals surface area contributed by atoms with E-state index in [9.17, 15) is 9.59 Å². The fraction of sp³-hybridized carbons (Fsp3) is 0.500. The number of amides is 1. The summed E-state index contributed by atoms with van der Waals surface area (Å²) < 4.78 is 16.4. The maximum absolute atomic E-state index is 11.7. The molecule has 1 aromatic rings. The van der Waals surface area contributed by atoms with Crippen molar-refractivity contribution < 1.29 is 23.8 Å². The van der Waals surface area contributed by atoms with Crippen molar-refractivity contribution in [2.24, 2.45) is 0 Å². The number of hydrogen-bond acceptors (Lipinski definition) is 5. The molecule has 0 radical (unpaired) electrons. The summed E-state index contributed by atoms with van der Waals surface area (Å²) in [5.41, 5.74) is -0.240. The quantitative estimate of drug-likeness (QED) is 0.782. The molecule has 0 aromatic heterocycles. The molecule has 7 heteroatoms. The zero-order valence-electron chi connectivity index (χ0n) is 13.9. The van der Waals surface area contributed by atoms with Crippen LogP contribution in [0.15, 0.2) is 22.7 Å². The molecule has 0 bridgehead atoms. The standard InChI is InChI=1S/C16H22BrNO5/c1-10(9-18-15(20)23-16(2,3)4)22-13-8-11(17)6-7-12(13)14(19)21-5/h6-8,10H,9H2,1-5H3,(H,18,20). The van der Waals surface area contributed by atoms with Gasteiger partial charge in [-0.2, -0.15) is 0 Å². The number of nitrogens with one attached hydrogen (secondary N) is 1. The molecule has 128 valence electrons. The van der Waals surface area contributed by atoms with Crippen molar-refractivity contribution in [3.05, 3.63) is 28.2 Å². The third kappa shape index (κ3) is 6.90. The molecule has 1 rings (SSSR count). The molecule has 0 aliphatic rings. The van der Waals surface area contributed by atoms with Crippen LogP contribution in [0.3, 0.4) is 0 Å². The summed E-state index contributed by atoms with van der Waals surface area (Å²) >= 11 is 3.33. The van der Waals surface area contributed by atoms with Gasteiger partial charge in [0, 0.05) is 4.47 Å². The van der Waals surface area contributed by atoms with Crippen molar-refractivity contribution in [2.45, 2.75) is 39.4 Å². The Hall–Kier alpha value is -1.76. The van der Waals surface area contributed by atoms with Crippen molar-refractivity contribution in [1.82, 2.24) is 5.32 Å². The molecule has 0 fully saturated rings. The van der Waals surface area contributed by atoms with Gasteiger partial charge in [-0.25, -0.2) is 9.59 Å². The molecule has 0 saturated carbocycles. The fourth-order valence-corrected chi connectivity index (χ4v) is 2.01. The average molecular weight is 388 g/mol. The average Bonchev–Trinajstić information content (AvgIpc) is 2.43. The molecule has 0 heterocycles. The Balaban J connectivity index is 2.67. The number of hydrogen-bond donors (Lipinski definition) is 1. The molecular weight excluding hydrogens is 366 g/mol. The zero-order chi connectivity index (χ0) is 17.6. The van der Waals surface area contributed by atoms with Gasteiger partial charge < -0.3 is 19.5 Å². The number of carbonyl (C=O) groups excluding carboxylic acids is 2. The number of ether oxygens (including phenoxy) is 3. The summed E-state index contributed by atoms with van der Waals surface area (Å²) in [7, 11) is 1.31. The van der Waals surface area contributed by atoms with Gasteiger partial charge in [-0.1, -0.05) is 15.9 Å². The van der Waals surface area contributed by atoms with Gasteiger partial charge in [0.05, 0.1) is 13.7 Å². The molecule has 1 amide bonds. The third-order valence-corrected chi connectivity index (χ3v) is 3.10. The highest BCUT2D eigenvalue weighted by atomic mass is 79.9.